The number of fused-ring (bicyclic) bond motifs is 1. The van der Waals surface area contributed by atoms with Crippen molar-refractivity contribution in [3.05, 3.63) is 82.5 Å². The number of benzene rings is 2. The molecule has 0 aliphatic carbocycles. The number of hydrogen-bond donors (Lipinski definition) is 4. The molecular formula is C24H29N5OS2. The van der Waals surface area contributed by atoms with Gasteiger partial charge in [0.1, 0.15) is 5.69 Å². The molecule has 168 valence electrons. The average molecular weight is 468 g/mol. The Balaban J connectivity index is 1.52. The second-order valence-electron chi connectivity index (χ2n) is 8.39. The highest BCUT2D eigenvalue weighted by molar-refractivity contribution is 7.96. The number of rotatable bonds is 9. The normalized spacial score (nSPS) is 13.5. The zero-order valence-corrected chi connectivity index (χ0v) is 20.0. The monoisotopic (exact) mass is 467 g/mol. The molecule has 0 amide bonds. The molecule has 0 fully saturated rings. The number of hydrogen-bond acceptors (Lipinski definition) is 8. The molecule has 0 spiro atoms. The first-order chi connectivity index (χ1) is 15.4. The highest BCUT2D eigenvalue weighted by Gasteiger charge is 2.27. The molecule has 0 unspecified atom stereocenters. The van der Waals surface area contributed by atoms with E-state index in [1.54, 1.807) is 23.3 Å². The van der Waals surface area contributed by atoms with Gasteiger partial charge in [0.2, 0.25) is 0 Å². The number of aromatic nitrogens is 1. The van der Waals surface area contributed by atoms with E-state index in [9.17, 15) is 5.11 Å². The summed E-state index contributed by atoms with van der Waals surface area (Å²) in [4.78, 5) is 6.05. The molecule has 3 aromatic rings. The molecule has 5 N–H and O–H groups in total. The standard InChI is InChI=1S/C24H29N5OS2/c1-24(2,16-30)28-20-13-29(31-15-17-8-4-3-5-9-17)14-21-22(20)27-23(32-21)26-12-18-10-6-7-11-19(18)25/h3-11,13,28,30H,12,14-16,25H2,1-2H3,(H,26,27). The van der Waals surface area contributed by atoms with Crippen LogP contribution >= 0.6 is 23.3 Å². The van der Waals surface area contributed by atoms with Crippen LogP contribution in [0.4, 0.5) is 10.8 Å². The van der Waals surface area contributed by atoms with Crippen LogP contribution in [0, 0.1) is 0 Å². The van der Waals surface area contributed by atoms with Gasteiger partial charge in [-0.25, -0.2) is 4.98 Å². The summed E-state index contributed by atoms with van der Waals surface area (Å²) in [5.74, 6) is 0.889. The van der Waals surface area contributed by atoms with E-state index in [1.165, 1.54) is 10.4 Å². The first-order valence-corrected chi connectivity index (χ1v) is 12.3. The molecule has 4 rings (SSSR count). The highest BCUT2D eigenvalue weighted by atomic mass is 32.2. The fraction of sp³-hybridized carbons (Fsp3) is 0.292. The van der Waals surface area contributed by atoms with Crippen molar-refractivity contribution in [2.45, 2.75) is 38.2 Å². The lowest BCUT2D eigenvalue weighted by Gasteiger charge is -2.31. The molecule has 8 heteroatoms. The molecule has 0 saturated carbocycles. The van der Waals surface area contributed by atoms with Crippen LogP contribution < -0.4 is 16.4 Å². The maximum atomic E-state index is 9.78. The first-order valence-electron chi connectivity index (χ1n) is 10.6. The van der Waals surface area contributed by atoms with Gasteiger partial charge in [-0.1, -0.05) is 59.9 Å². The van der Waals surface area contributed by atoms with E-state index in [0.717, 1.165) is 40.1 Å². The molecule has 0 atom stereocenters. The van der Waals surface area contributed by atoms with E-state index in [4.69, 9.17) is 10.7 Å². The van der Waals surface area contributed by atoms with Gasteiger partial charge in [0, 0.05) is 24.2 Å². The first kappa shape index (κ1) is 22.5. The molecule has 0 saturated heterocycles. The van der Waals surface area contributed by atoms with Crippen molar-refractivity contribution in [1.29, 1.82) is 0 Å². The fourth-order valence-electron chi connectivity index (χ4n) is 3.31. The summed E-state index contributed by atoms with van der Waals surface area (Å²) in [6.45, 7) is 5.39. The highest BCUT2D eigenvalue weighted by Crippen LogP contribution is 2.36. The van der Waals surface area contributed by atoms with Crippen molar-refractivity contribution in [2.24, 2.45) is 0 Å². The zero-order valence-electron chi connectivity index (χ0n) is 18.3. The fourth-order valence-corrected chi connectivity index (χ4v) is 5.27. The topological polar surface area (TPSA) is 86.4 Å². The molecule has 1 aliphatic rings. The van der Waals surface area contributed by atoms with Gasteiger partial charge in [-0.3, -0.25) is 0 Å². The number of nitrogen functional groups attached to an aromatic ring is 1. The van der Waals surface area contributed by atoms with Crippen LogP contribution in [0.2, 0.25) is 0 Å². The summed E-state index contributed by atoms with van der Waals surface area (Å²) in [7, 11) is 0. The van der Waals surface area contributed by atoms with Crippen LogP contribution in [0.15, 0.2) is 60.8 Å². The minimum Gasteiger partial charge on any atom is -0.398 e. The Morgan fingerprint density at radius 1 is 1.16 bits per heavy atom. The van der Waals surface area contributed by atoms with Crippen molar-refractivity contribution in [3.63, 3.8) is 0 Å². The minimum absolute atomic E-state index is 0.0271. The van der Waals surface area contributed by atoms with Gasteiger partial charge in [0.25, 0.3) is 0 Å². The van der Waals surface area contributed by atoms with Gasteiger partial charge in [0.05, 0.1) is 29.3 Å². The number of aliphatic hydroxyl groups is 1. The van der Waals surface area contributed by atoms with Crippen molar-refractivity contribution in [1.82, 2.24) is 14.6 Å². The summed E-state index contributed by atoms with van der Waals surface area (Å²) in [6.07, 6.45) is 2.10. The quantitative estimate of drug-likeness (QED) is 0.269. The Bertz CT molecular complexity index is 1080. The van der Waals surface area contributed by atoms with Crippen molar-refractivity contribution in [2.75, 3.05) is 17.7 Å². The van der Waals surface area contributed by atoms with E-state index in [0.29, 0.717) is 6.54 Å². The molecule has 1 aromatic heterocycles. The van der Waals surface area contributed by atoms with Gasteiger partial charge >= 0.3 is 0 Å². The second-order valence-corrected chi connectivity index (χ2v) is 10.5. The molecule has 2 heterocycles. The third-order valence-electron chi connectivity index (χ3n) is 5.12. The van der Waals surface area contributed by atoms with E-state index in [2.05, 4.69) is 45.4 Å². The lowest BCUT2D eigenvalue weighted by molar-refractivity contribution is 0.203. The number of aliphatic hydroxyl groups excluding tert-OH is 1. The lowest BCUT2D eigenvalue weighted by atomic mass is 10.1. The predicted molar refractivity (Wildman–Crippen MR) is 136 cm³/mol. The van der Waals surface area contributed by atoms with Gasteiger partial charge in [0.15, 0.2) is 5.13 Å². The third-order valence-corrected chi connectivity index (χ3v) is 7.14. The van der Waals surface area contributed by atoms with E-state index in [-0.39, 0.29) is 6.61 Å². The lowest BCUT2D eigenvalue weighted by Crippen LogP contribution is -2.42. The van der Waals surface area contributed by atoms with Crippen molar-refractivity contribution < 1.29 is 5.11 Å². The number of nitrogens with zero attached hydrogens (tertiary/aromatic N) is 2. The third kappa shape index (κ3) is 5.56. The number of para-hydroxylation sites is 1. The van der Waals surface area contributed by atoms with Crippen LogP contribution in [0.3, 0.4) is 0 Å². The van der Waals surface area contributed by atoms with Crippen molar-refractivity contribution in [3.8, 4) is 0 Å². The largest absolute Gasteiger partial charge is 0.398 e. The average Bonchev–Trinajstić information content (AvgIpc) is 3.21. The maximum Gasteiger partial charge on any atom is 0.183 e. The Labute approximate surface area is 197 Å². The summed E-state index contributed by atoms with van der Waals surface area (Å²) >= 11 is 3.43. The summed E-state index contributed by atoms with van der Waals surface area (Å²) in [5, 5.41) is 17.5. The van der Waals surface area contributed by atoms with Gasteiger partial charge in [-0.05, 0) is 43.0 Å². The number of thiazole rings is 1. The van der Waals surface area contributed by atoms with Crippen LogP contribution in [0.25, 0.3) is 5.70 Å². The number of anilines is 2. The molecular weight excluding hydrogens is 438 g/mol. The van der Waals surface area contributed by atoms with Crippen LogP contribution in [-0.4, -0.2) is 26.5 Å². The Kier molecular flexibility index (Phi) is 6.93. The van der Waals surface area contributed by atoms with Crippen LogP contribution in [0.5, 0.6) is 0 Å². The van der Waals surface area contributed by atoms with Gasteiger partial charge < -0.3 is 25.8 Å². The van der Waals surface area contributed by atoms with Crippen LogP contribution in [0.1, 0.15) is 35.5 Å². The Morgan fingerprint density at radius 3 is 2.66 bits per heavy atom. The Hall–Kier alpha value is -2.68. The minimum atomic E-state index is -0.452. The zero-order chi connectivity index (χ0) is 22.6. The molecule has 0 radical (unpaired) electrons. The molecule has 32 heavy (non-hydrogen) atoms. The second kappa shape index (κ2) is 9.85. The van der Waals surface area contributed by atoms with Crippen molar-refractivity contribution >= 4 is 39.8 Å². The molecule has 0 bridgehead atoms. The smallest absolute Gasteiger partial charge is 0.183 e. The van der Waals surface area contributed by atoms with E-state index in [1.807, 2.05) is 44.2 Å². The number of nitrogens with two attached hydrogens (primary N) is 1. The van der Waals surface area contributed by atoms with Gasteiger partial charge in [-0.2, -0.15) is 0 Å². The molecule has 6 nitrogen and oxygen atoms in total. The number of nitrogens with one attached hydrogen (secondary N) is 2. The van der Waals surface area contributed by atoms with E-state index >= 15 is 0 Å². The summed E-state index contributed by atoms with van der Waals surface area (Å²) in [6, 6.07) is 18.3. The van der Waals surface area contributed by atoms with Gasteiger partial charge in [-0.15, -0.1) is 0 Å². The molecule has 1 aliphatic heterocycles. The predicted octanol–water partition coefficient (Wildman–Crippen LogP) is 4.66. The van der Waals surface area contributed by atoms with Crippen LogP contribution in [-0.2, 0) is 18.8 Å². The SMILES string of the molecule is CC(C)(CO)NC1=CN(SCc2ccccc2)Cc2sc(NCc3ccccc3N)nc21. The summed E-state index contributed by atoms with van der Waals surface area (Å²) < 4.78 is 2.24. The summed E-state index contributed by atoms with van der Waals surface area (Å²) in [5.41, 5.74) is 10.6. The van der Waals surface area contributed by atoms with E-state index < -0.39 is 5.54 Å². The molecule has 2 aromatic carbocycles. The Morgan fingerprint density at radius 2 is 1.91 bits per heavy atom. The maximum absolute atomic E-state index is 9.78.